The number of rotatable bonds is 5. The van der Waals surface area contributed by atoms with E-state index in [0.29, 0.717) is 5.75 Å². The first-order chi connectivity index (χ1) is 8.40. The van der Waals surface area contributed by atoms with E-state index in [1.54, 1.807) is 0 Å². The molecule has 1 unspecified atom stereocenters. The average molecular weight is 320 g/mol. The molecule has 1 amide bonds. The van der Waals surface area contributed by atoms with Gasteiger partial charge in [0.05, 0.1) is 4.47 Å². The van der Waals surface area contributed by atoms with Crippen molar-refractivity contribution in [2.75, 3.05) is 6.61 Å². The van der Waals surface area contributed by atoms with Crippen LogP contribution >= 0.6 is 15.9 Å². The number of carbonyl (C=O) groups excluding carboxylic acids is 1. The van der Waals surface area contributed by atoms with E-state index >= 15 is 0 Å². The Morgan fingerprint density at radius 2 is 2.22 bits per heavy atom. The molecule has 0 bridgehead atoms. The third-order valence-corrected chi connectivity index (χ3v) is 2.59. The van der Waals surface area contributed by atoms with Gasteiger partial charge in [0.1, 0.15) is 18.2 Å². The Labute approximate surface area is 111 Å². The summed E-state index contributed by atoms with van der Waals surface area (Å²) in [7, 11) is 0. The highest BCUT2D eigenvalue weighted by Gasteiger charge is 2.19. The van der Waals surface area contributed by atoms with Crippen molar-refractivity contribution in [1.82, 2.24) is 5.32 Å². The molecule has 1 aromatic carbocycles. The normalized spacial score (nSPS) is 11.7. The molecule has 1 rings (SSSR count). The molecule has 1 atom stereocenters. The van der Waals surface area contributed by atoms with E-state index in [1.807, 2.05) is 0 Å². The van der Waals surface area contributed by atoms with Gasteiger partial charge in [0.25, 0.3) is 0 Å². The van der Waals surface area contributed by atoms with Crippen LogP contribution in [0, 0.1) is 5.82 Å². The summed E-state index contributed by atoms with van der Waals surface area (Å²) in [6.07, 6.45) is 0. The van der Waals surface area contributed by atoms with Gasteiger partial charge in [-0.1, -0.05) is 0 Å². The first-order valence-corrected chi connectivity index (χ1v) is 5.77. The summed E-state index contributed by atoms with van der Waals surface area (Å²) < 4.78 is 18.3. The van der Waals surface area contributed by atoms with Gasteiger partial charge in [-0.15, -0.1) is 0 Å². The fourth-order valence-corrected chi connectivity index (χ4v) is 1.52. The fraction of sp³-hybridized carbons (Fsp3) is 0.273. The topological polar surface area (TPSA) is 75.6 Å². The Morgan fingerprint density at radius 1 is 1.56 bits per heavy atom. The van der Waals surface area contributed by atoms with E-state index in [2.05, 4.69) is 21.2 Å². The third-order valence-electron chi connectivity index (χ3n) is 1.98. The van der Waals surface area contributed by atoms with Crippen molar-refractivity contribution in [3.05, 3.63) is 28.5 Å². The third kappa shape index (κ3) is 4.33. The highest BCUT2D eigenvalue weighted by molar-refractivity contribution is 9.10. The molecule has 7 heteroatoms. The summed E-state index contributed by atoms with van der Waals surface area (Å²) in [6.45, 7) is 0.970. The van der Waals surface area contributed by atoms with Crippen LogP contribution in [-0.4, -0.2) is 29.6 Å². The summed E-state index contributed by atoms with van der Waals surface area (Å²) in [5.74, 6) is -1.81. The molecule has 1 aromatic rings. The fourth-order valence-electron chi connectivity index (χ4n) is 1.17. The molecule has 0 aliphatic carbocycles. The summed E-state index contributed by atoms with van der Waals surface area (Å²) in [6, 6.07) is 2.79. The molecule has 0 fully saturated rings. The molecule has 0 radical (unpaired) electrons. The maximum Gasteiger partial charge on any atom is 0.329 e. The number of nitrogens with one attached hydrogen (secondary N) is 1. The van der Waals surface area contributed by atoms with E-state index in [0.717, 1.165) is 0 Å². The minimum atomic E-state index is -1.20. The Kier molecular flexibility index (Phi) is 5.08. The summed E-state index contributed by atoms with van der Waals surface area (Å²) in [5, 5.41) is 11.1. The number of benzene rings is 1. The van der Waals surface area contributed by atoms with Crippen molar-refractivity contribution in [2.45, 2.75) is 13.0 Å². The van der Waals surface area contributed by atoms with Crippen LogP contribution in [0.1, 0.15) is 6.92 Å². The standard InChI is InChI=1S/C11H11BrFNO4/c1-6(15)14-10(11(16)17)5-18-7-2-3-9(13)8(12)4-7/h2-4,10H,5H2,1H3,(H,14,15)(H,16,17). The molecule has 5 nitrogen and oxygen atoms in total. The van der Waals surface area contributed by atoms with Crippen molar-refractivity contribution in [1.29, 1.82) is 0 Å². The number of aliphatic carboxylic acids is 1. The molecular formula is C11H11BrFNO4. The number of hydrogen-bond acceptors (Lipinski definition) is 3. The van der Waals surface area contributed by atoms with Crippen molar-refractivity contribution < 1.29 is 23.8 Å². The van der Waals surface area contributed by atoms with Gasteiger partial charge in [0, 0.05) is 6.92 Å². The van der Waals surface area contributed by atoms with Gasteiger partial charge in [0.15, 0.2) is 6.04 Å². The van der Waals surface area contributed by atoms with Crippen LogP contribution in [0.4, 0.5) is 4.39 Å². The van der Waals surface area contributed by atoms with Gasteiger partial charge in [-0.05, 0) is 34.1 Å². The van der Waals surface area contributed by atoms with E-state index in [1.165, 1.54) is 25.1 Å². The largest absolute Gasteiger partial charge is 0.491 e. The molecule has 0 saturated heterocycles. The molecule has 0 aliphatic rings. The summed E-state index contributed by atoms with van der Waals surface area (Å²) in [5.41, 5.74) is 0. The summed E-state index contributed by atoms with van der Waals surface area (Å²) >= 11 is 2.98. The quantitative estimate of drug-likeness (QED) is 0.863. The van der Waals surface area contributed by atoms with Gasteiger partial charge >= 0.3 is 5.97 Å². The van der Waals surface area contributed by atoms with E-state index in [4.69, 9.17) is 9.84 Å². The van der Waals surface area contributed by atoms with Crippen LogP contribution in [0.3, 0.4) is 0 Å². The smallest absolute Gasteiger partial charge is 0.329 e. The predicted octanol–water partition coefficient (Wildman–Crippen LogP) is 1.56. The molecule has 0 aromatic heterocycles. The number of carboxylic acid groups (broad SMARTS) is 1. The van der Waals surface area contributed by atoms with E-state index in [9.17, 15) is 14.0 Å². The van der Waals surface area contributed by atoms with Gasteiger partial charge < -0.3 is 15.2 Å². The van der Waals surface area contributed by atoms with Gasteiger partial charge in [0.2, 0.25) is 5.91 Å². The van der Waals surface area contributed by atoms with Crippen LogP contribution < -0.4 is 10.1 Å². The van der Waals surface area contributed by atoms with Crippen molar-refractivity contribution in [3.63, 3.8) is 0 Å². The Bertz CT molecular complexity index is 466. The maximum absolute atomic E-state index is 12.9. The molecule has 0 spiro atoms. The summed E-state index contributed by atoms with van der Waals surface area (Å²) in [4.78, 5) is 21.6. The minimum Gasteiger partial charge on any atom is -0.491 e. The number of amides is 1. The highest BCUT2D eigenvalue weighted by atomic mass is 79.9. The molecule has 0 aliphatic heterocycles. The van der Waals surface area contributed by atoms with Crippen molar-refractivity contribution >= 4 is 27.8 Å². The number of halogens is 2. The van der Waals surface area contributed by atoms with Gasteiger partial charge in [-0.3, -0.25) is 4.79 Å². The molecule has 0 heterocycles. The number of carboxylic acids is 1. The van der Waals surface area contributed by atoms with Gasteiger partial charge in [-0.25, -0.2) is 9.18 Å². The molecule has 2 N–H and O–H groups in total. The minimum absolute atomic E-state index is 0.214. The van der Waals surface area contributed by atoms with E-state index in [-0.39, 0.29) is 11.1 Å². The lowest BCUT2D eigenvalue weighted by molar-refractivity contribution is -0.142. The monoisotopic (exact) mass is 319 g/mol. The second kappa shape index (κ2) is 6.34. The molecule has 98 valence electrons. The zero-order valence-electron chi connectivity index (χ0n) is 9.44. The van der Waals surface area contributed by atoms with Crippen LogP contribution in [-0.2, 0) is 9.59 Å². The molecule has 18 heavy (non-hydrogen) atoms. The second-order valence-electron chi connectivity index (χ2n) is 3.48. The average Bonchev–Trinajstić information content (AvgIpc) is 2.28. The number of ether oxygens (including phenoxy) is 1. The maximum atomic E-state index is 12.9. The zero-order chi connectivity index (χ0) is 13.7. The highest BCUT2D eigenvalue weighted by Crippen LogP contribution is 2.21. The second-order valence-corrected chi connectivity index (χ2v) is 4.33. The lowest BCUT2D eigenvalue weighted by Gasteiger charge is -2.14. The van der Waals surface area contributed by atoms with Crippen LogP contribution in [0.15, 0.2) is 22.7 Å². The van der Waals surface area contributed by atoms with Gasteiger partial charge in [-0.2, -0.15) is 0 Å². The number of hydrogen-bond donors (Lipinski definition) is 2. The van der Waals surface area contributed by atoms with Crippen LogP contribution in [0.5, 0.6) is 5.75 Å². The Hall–Kier alpha value is -1.63. The first kappa shape index (κ1) is 14.4. The Balaban J connectivity index is 2.64. The van der Waals surface area contributed by atoms with Crippen molar-refractivity contribution in [3.8, 4) is 5.75 Å². The zero-order valence-corrected chi connectivity index (χ0v) is 11.0. The van der Waals surface area contributed by atoms with Crippen molar-refractivity contribution in [2.24, 2.45) is 0 Å². The number of carbonyl (C=O) groups is 2. The molecule has 0 saturated carbocycles. The molecular weight excluding hydrogens is 309 g/mol. The SMILES string of the molecule is CC(=O)NC(COc1ccc(F)c(Br)c1)C(=O)O. The van der Waals surface area contributed by atoms with Crippen LogP contribution in [0.25, 0.3) is 0 Å². The first-order valence-electron chi connectivity index (χ1n) is 4.98. The lowest BCUT2D eigenvalue weighted by Crippen LogP contribution is -2.43. The Morgan fingerprint density at radius 3 is 2.72 bits per heavy atom. The van der Waals surface area contributed by atoms with Crippen LogP contribution in [0.2, 0.25) is 0 Å². The van der Waals surface area contributed by atoms with E-state index < -0.39 is 23.7 Å². The lowest BCUT2D eigenvalue weighted by atomic mass is 10.3. The predicted molar refractivity (Wildman–Crippen MR) is 64.8 cm³/mol.